The van der Waals surface area contributed by atoms with Gasteiger partial charge >= 0.3 is 0 Å². The van der Waals surface area contributed by atoms with Gasteiger partial charge < -0.3 is 15.1 Å². The first-order valence-electron chi connectivity index (χ1n) is 5.95. The van der Waals surface area contributed by atoms with Crippen LogP contribution in [0, 0.1) is 0 Å². The van der Waals surface area contributed by atoms with Gasteiger partial charge in [0.25, 0.3) is 0 Å². The first kappa shape index (κ1) is 13.0. The highest BCUT2D eigenvalue weighted by molar-refractivity contribution is 5.85. The smallest absolute Gasteiger partial charge is 0.242 e. The second kappa shape index (κ2) is 6.48. The Kier molecular flexibility index (Phi) is 5.25. The lowest BCUT2D eigenvalue weighted by molar-refractivity contribution is -0.139. The van der Waals surface area contributed by atoms with Gasteiger partial charge in [0.15, 0.2) is 0 Å². The fourth-order valence-electron chi connectivity index (χ4n) is 1.83. The first-order valence-corrected chi connectivity index (χ1v) is 5.95. The van der Waals surface area contributed by atoms with E-state index in [-0.39, 0.29) is 18.4 Å². The van der Waals surface area contributed by atoms with Crippen LogP contribution in [0.15, 0.2) is 0 Å². The van der Waals surface area contributed by atoms with Crippen molar-refractivity contribution in [1.82, 2.24) is 15.1 Å². The minimum Gasteiger partial charge on any atom is -0.342 e. The van der Waals surface area contributed by atoms with E-state index in [1.807, 2.05) is 13.8 Å². The van der Waals surface area contributed by atoms with Crippen LogP contribution in [0.5, 0.6) is 0 Å². The van der Waals surface area contributed by atoms with Crippen molar-refractivity contribution in [3.05, 3.63) is 0 Å². The largest absolute Gasteiger partial charge is 0.342 e. The third-order valence-corrected chi connectivity index (χ3v) is 2.85. The first-order chi connectivity index (χ1) is 7.69. The summed E-state index contributed by atoms with van der Waals surface area (Å²) in [4.78, 5) is 26.9. The van der Waals surface area contributed by atoms with Crippen LogP contribution >= 0.6 is 0 Å². The lowest BCUT2D eigenvalue weighted by Crippen LogP contribution is -2.44. The fourth-order valence-corrected chi connectivity index (χ4v) is 1.83. The number of carbonyl (C=O) groups is 2. The predicted octanol–water partition coefficient (Wildman–Crippen LogP) is -0.323. The lowest BCUT2D eigenvalue weighted by atomic mass is 10.3. The highest BCUT2D eigenvalue weighted by atomic mass is 16.2. The van der Waals surface area contributed by atoms with Gasteiger partial charge in [-0.1, -0.05) is 0 Å². The zero-order valence-electron chi connectivity index (χ0n) is 10.2. The average molecular weight is 227 g/mol. The Morgan fingerprint density at radius 1 is 1.44 bits per heavy atom. The maximum Gasteiger partial charge on any atom is 0.242 e. The van der Waals surface area contributed by atoms with Gasteiger partial charge in [0.2, 0.25) is 11.8 Å². The zero-order valence-corrected chi connectivity index (χ0v) is 10.2. The number of hydrogen-bond acceptors (Lipinski definition) is 3. The monoisotopic (exact) mass is 227 g/mol. The maximum atomic E-state index is 11.8. The van der Waals surface area contributed by atoms with Gasteiger partial charge in [-0.25, -0.2) is 0 Å². The van der Waals surface area contributed by atoms with Crippen LogP contribution in [-0.2, 0) is 9.59 Å². The Hall–Kier alpha value is -1.10. The topological polar surface area (TPSA) is 52.7 Å². The third-order valence-electron chi connectivity index (χ3n) is 2.85. The van der Waals surface area contributed by atoms with E-state index < -0.39 is 0 Å². The van der Waals surface area contributed by atoms with Crippen molar-refractivity contribution < 1.29 is 9.59 Å². The normalized spacial score (nSPS) is 17.1. The van der Waals surface area contributed by atoms with Crippen molar-refractivity contribution in [1.29, 1.82) is 0 Å². The molecule has 0 spiro atoms. The lowest BCUT2D eigenvalue weighted by Gasteiger charge is -2.24. The molecule has 1 rings (SSSR count). The molecule has 1 aliphatic rings. The molecule has 1 aliphatic heterocycles. The highest BCUT2D eigenvalue weighted by Crippen LogP contribution is 1.99. The van der Waals surface area contributed by atoms with Crippen molar-refractivity contribution in [3.63, 3.8) is 0 Å². The second-order valence-corrected chi connectivity index (χ2v) is 3.91. The van der Waals surface area contributed by atoms with Crippen molar-refractivity contribution in [2.45, 2.75) is 20.3 Å². The summed E-state index contributed by atoms with van der Waals surface area (Å²) < 4.78 is 0. The number of nitrogens with one attached hydrogen (secondary N) is 1. The summed E-state index contributed by atoms with van der Waals surface area (Å²) in [6, 6.07) is 0. The number of carbonyl (C=O) groups excluding carboxylic acids is 2. The number of nitrogens with zero attached hydrogens (tertiary/aromatic N) is 2. The van der Waals surface area contributed by atoms with Crippen LogP contribution in [0.25, 0.3) is 0 Å². The second-order valence-electron chi connectivity index (χ2n) is 3.91. The van der Waals surface area contributed by atoms with Crippen LogP contribution in [-0.4, -0.2) is 60.9 Å². The Morgan fingerprint density at radius 3 is 2.75 bits per heavy atom. The SMILES string of the molecule is CCN(CC)C(=O)CN1CCCNCC1=O. The molecule has 1 saturated heterocycles. The molecule has 0 aromatic heterocycles. The van der Waals surface area contributed by atoms with Crippen molar-refractivity contribution in [2.75, 3.05) is 39.3 Å². The third kappa shape index (κ3) is 3.48. The van der Waals surface area contributed by atoms with Crippen LogP contribution < -0.4 is 5.32 Å². The molecule has 0 atom stereocenters. The molecule has 0 unspecified atom stereocenters. The van der Waals surface area contributed by atoms with E-state index in [2.05, 4.69) is 5.32 Å². The number of rotatable bonds is 4. The minimum atomic E-state index is 0.0259. The molecule has 5 heteroatoms. The van der Waals surface area contributed by atoms with E-state index in [0.29, 0.717) is 26.2 Å². The van der Waals surface area contributed by atoms with Crippen LogP contribution in [0.2, 0.25) is 0 Å². The number of hydrogen-bond donors (Lipinski definition) is 1. The zero-order chi connectivity index (χ0) is 12.0. The van der Waals surface area contributed by atoms with E-state index in [0.717, 1.165) is 13.0 Å². The molecule has 5 nitrogen and oxygen atoms in total. The molecule has 0 aromatic carbocycles. The highest BCUT2D eigenvalue weighted by Gasteiger charge is 2.20. The van der Waals surface area contributed by atoms with Crippen molar-refractivity contribution >= 4 is 11.8 Å². The van der Waals surface area contributed by atoms with E-state index in [1.54, 1.807) is 9.80 Å². The summed E-state index contributed by atoms with van der Waals surface area (Å²) in [5.74, 6) is 0.0678. The van der Waals surface area contributed by atoms with Gasteiger partial charge in [-0.2, -0.15) is 0 Å². The molecule has 0 aliphatic carbocycles. The molecule has 0 saturated carbocycles. The molecular weight excluding hydrogens is 206 g/mol. The number of likely N-dealkylation sites (N-methyl/N-ethyl adjacent to an activating group) is 1. The van der Waals surface area contributed by atoms with Gasteiger partial charge in [-0.05, 0) is 26.8 Å². The van der Waals surface area contributed by atoms with E-state index >= 15 is 0 Å². The van der Waals surface area contributed by atoms with Gasteiger partial charge in [-0.3, -0.25) is 9.59 Å². The summed E-state index contributed by atoms with van der Waals surface area (Å²) in [5.41, 5.74) is 0. The van der Waals surface area contributed by atoms with Crippen LogP contribution in [0.4, 0.5) is 0 Å². The van der Waals surface area contributed by atoms with Crippen molar-refractivity contribution in [2.24, 2.45) is 0 Å². The Labute approximate surface area is 96.8 Å². The predicted molar refractivity (Wildman–Crippen MR) is 62.0 cm³/mol. The summed E-state index contributed by atoms with van der Waals surface area (Å²) >= 11 is 0. The molecule has 1 fully saturated rings. The van der Waals surface area contributed by atoms with Gasteiger partial charge in [0.05, 0.1) is 13.1 Å². The van der Waals surface area contributed by atoms with E-state index in [4.69, 9.17) is 0 Å². The summed E-state index contributed by atoms with van der Waals surface area (Å²) in [6.45, 7) is 7.42. The van der Waals surface area contributed by atoms with Gasteiger partial charge in [0, 0.05) is 19.6 Å². The number of amides is 2. The summed E-state index contributed by atoms with van der Waals surface area (Å²) in [6.07, 6.45) is 0.914. The molecule has 0 radical (unpaired) electrons. The van der Waals surface area contributed by atoms with E-state index in [1.165, 1.54) is 0 Å². The quantitative estimate of drug-likeness (QED) is 0.716. The average Bonchev–Trinajstić information content (AvgIpc) is 2.46. The summed E-state index contributed by atoms with van der Waals surface area (Å²) in [7, 11) is 0. The van der Waals surface area contributed by atoms with E-state index in [9.17, 15) is 9.59 Å². The minimum absolute atomic E-state index is 0.0259. The standard InChI is InChI=1S/C11H21N3O2/c1-3-13(4-2)11(16)9-14-7-5-6-12-8-10(14)15/h12H,3-9H2,1-2H3. The molecule has 16 heavy (non-hydrogen) atoms. The van der Waals surface area contributed by atoms with Crippen LogP contribution in [0.1, 0.15) is 20.3 Å². The molecule has 0 bridgehead atoms. The fraction of sp³-hybridized carbons (Fsp3) is 0.818. The van der Waals surface area contributed by atoms with Crippen molar-refractivity contribution in [3.8, 4) is 0 Å². The Bertz CT molecular complexity index is 252. The molecule has 2 amide bonds. The molecule has 1 N–H and O–H groups in total. The summed E-state index contributed by atoms with van der Waals surface area (Å²) in [5, 5.41) is 3.04. The molecule has 1 heterocycles. The Balaban J connectivity index is 2.50. The van der Waals surface area contributed by atoms with Gasteiger partial charge in [0.1, 0.15) is 0 Å². The Morgan fingerprint density at radius 2 is 2.12 bits per heavy atom. The molecule has 0 aromatic rings. The maximum absolute atomic E-state index is 11.8. The van der Waals surface area contributed by atoms with Crippen LogP contribution in [0.3, 0.4) is 0 Å². The molecular formula is C11H21N3O2. The van der Waals surface area contributed by atoms with Gasteiger partial charge in [-0.15, -0.1) is 0 Å². The molecule has 92 valence electrons.